The van der Waals surface area contributed by atoms with Crippen LogP contribution in [-0.2, 0) is 6.54 Å². The Morgan fingerprint density at radius 2 is 1.88 bits per heavy atom. The van der Waals surface area contributed by atoms with Gasteiger partial charge in [0, 0.05) is 53.4 Å². The van der Waals surface area contributed by atoms with Gasteiger partial charge < -0.3 is 15.2 Å². The highest BCUT2D eigenvalue weighted by atomic mass is 16.1. The molecular weight excluding hydrogens is 414 g/mol. The number of nitrogens with one attached hydrogen (secondary N) is 3. The molecule has 1 aliphatic carbocycles. The van der Waals surface area contributed by atoms with Gasteiger partial charge in [0.25, 0.3) is 11.5 Å². The monoisotopic (exact) mass is 447 g/mol. The number of pyridine rings is 1. The minimum atomic E-state index is -0.184. The molecule has 7 heteroatoms. The summed E-state index contributed by atoms with van der Waals surface area (Å²) in [6.45, 7) is 7.92. The molecule has 1 amide bonds. The van der Waals surface area contributed by atoms with Crippen LogP contribution in [0.2, 0.25) is 0 Å². The fourth-order valence-electron chi connectivity index (χ4n) is 4.95. The van der Waals surface area contributed by atoms with Crippen molar-refractivity contribution >= 4 is 11.6 Å². The van der Waals surface area contributed by atoms with Crippen molar-refractivity contribution in [1.82, 2.24) is 20.5 Å². The number of aromatic nitrogens is 3. The van der Waals surface area contributed by atoms with Crippen molar-refractivity contribution in [3.8, 4) is 11.1 Å². The topological polar surface area (TPSA) is 93.9 Å². The highest BCUT2D eigenvalue weighted by Crippen LogP contribution is 2.35. The SMILES string of the molecule is Cc1cc(C)c(CNC(=O)c2cc(-c3cn[nH]c3C)cc(N(C)C3CCCC3)c2C)c(=O)[nH]1. The first-order valence-electron chi connectivity index (χ1n) is 11.6. The zero-order valence-corrected chi connectivity index (χ0v) is 20.1. The fourth-order valence-corrected chi connectivity index (χ4v) is 4.95. The molecule has 0 spiro atoms. The van der Waals surface area contributed by atoms with Crippen molar-refractivity contribution in [3.63, 3.8) is 0 Å². The van der Waals surface area contributed by atoms with E-state index in [4.69, 9.17) is 0 Å². The number of H-pyrrole nitrogens is 2. The van der Waals surface area contributed by atoms with E-state index in [0.717, 1.165) is 39.3 Å². The number of hydrogen-bond acceptors (Lipinski definition) is 4. The van der Waals surface area contributed by atoms with Gasteiger partial charge in [-0.15, -0.1) is 0 Å². The van der Waals surface area contributed by atoms with Gasteiger partial charge in [-0.3, -0.25) is 14.7 Å². The van der Waals surface area contributed by atoms with Crippen LogP contribution in [0.3, 0.4) is 0 Å². The molecule has 33 heavy (non-hydrogen) atoms. The van der Waals surface area contributed by atoms with Gasteiger partial charge in [0.05, 0.1) is 6.20 Å². The lowest BCUT2D eigenvalue weighted by molar-refractivity contribution is 0.0950. The first kappa shape index (κ1) is 22.8. The molecule has 4 rings (SSSR count). The van der Waals surface area contributed by atoms with Crippen LogP contribution in [0.5, 0.6) is 0 Å². The third kappa shape index (κ3) is 4.58. The van der Waals surface area contributed by atoms with Gasteiger partial charge in [-0.1, -0.05) is 12.8 Å². The summed E-state index contributed by atoms with van der Waals surface area (Å²) in [5.74, 6) is -0.184. The molecule has 7 nitrogen and oxygen atoms in total. The molecule has 3 N–H and O–H groups in total. The minimum absolute atomic E-state index is 0.158. The van der Waals surface area contributed by atoms with E-state index >= 15 is 0 Å². The van der Waals surface area contributed by atoms with Gasteiger partial charge in [-0.25, -0.2) is 0 Å². The predicted molar refractivity (Wildman–Crippen MR) is 132 cm³/mol. The molecule has 0 aliphatic heterocycles. The van der Waals surface area contributed by atoms with Crippen LogP contribution < -0.4 is 15.8 Å². The number of rotatable bonds is 6. The number of benzene rings is 1. The zero-order valence-electron chi connectivity index (χ0n) is 20.1. The molecule has 1 fully saturated rings. The molecule has 174 valence electrons. The van der Waals surface area contributed by atoms with Crippen molar-refractivity contribution in [2.45, 2.75) is 66.0 Å². The average Bonchev–Trinajstić information content (AvgIpc) is 3.44. The molecular formula is C26H33N5O2. The second-order valence-electron chi connectivity index (χ2n) is 9.25. The molecule has 0 radical (unpaired) electrons. The second-order valence-corrected chi connectivity index (χ2v) is 9.25. The van der Waals surface area contributed by atoms with E-state index in [-0.39, 0.29) is 18.0 Å². The Kier molecular flexibility index (Phi) is 6.40. The van der Waals surface area contributed by atoms with Crippen LogP contribution in [0.15, 0.2) is 29.2 Å². The number of aromatic amines is 2. The molecule has 1 saturated carbocycles. The third-order valence-corrected chi connectivity index (χ3v) is 6.94. The summed E-state index contributed by atoms with van der Waals surface area (Å²) < 4.78 is 0. The smallest absolute Gasteiger partial charge is 0.253 e. The third-order valence-electron chi connectivity index (χ3n) is 6.94. The van der Waals surface area contributed by atoms with Crippen LogP contribution in [0.4, 0.5) is 5.69 Å². The van der Waals surface area contributed by atoms with Crippen LogP contribution >= 0.6 is 0 Å². The molecule has 1 aliphatic rings. The Labute approximate surface area is 194 Å². The molecule has 0 saturated heterocycles. The maximum atomic E-state index is 13.4. The van der Waals surface area contributed by atoms with Crippen molar-refractivity contribution in [1.29, 1.82) is 0 Å². The summed E-state index contributed by atoms with van der Waals surface area (Å²) in [6.07, 6.45) is 6.62. The van der Waals surface area contributed by atoms with Crippen LogP contribution in [0.1, 0.15) is 64.1 Å². The van der Waals surface area contributed by atoms with E-state index in [1.807, 2.05) is 39.8 Å². The van der Waals surface area contributed by atoms with Gasteiger partial charge in [0.1, 0.15) is 0 Å². The highest BCUT2D eigenvalue weighted by molar-refractivity contribution is 5.99. The van der Waals surface area contributed by atoms with Gasteiger partial charge >= 0.3 is 0 Å². The summed E-state index contributed by atoms with van der Waals surface area (Å²) in [5, 5.41) is 10.1. The first-order chi connectivity index (χ1) is 15.8. The molecule has 2 aromatic heterocycles. The van der Waals surface area contributed by atoms with Crippen LogP contribution in [0, 0.1) is 27.7 Å². The molecule has 1 aromatic carbocycles. The Morgan fingerprint density at radius 3 is 2.52 bits per heavy atom. The normalized spacial score (nSPS) is 14.0. The van der Waals surface area contributed by atoms with Gasteiger partial charge in [-0.2, -0.15) is 5.10 Å². The molecule has 0 atom stereocenters. The summed E-state index contributed by atoms with van der Waals surface area (Å²) in [7, 11) is 2.13. The Balaban J connectivity index is 1.70. The largest absolute Gasteiger partial charge is 0.371 e. The van der Waals surface area contributed by atoms with Crippen molar-refractivity contribution in [2.24, 2.45) is 0 Å². The van der Waals surface area contributed by atoms with E-state index in [2.05, 4.69) is 38.5 Å². The Hall–Kier alpha value is -3.35. The van der Waals surface area contributed by atoms with E-state index in [0.29, 0.717) is 17.2 Å². The number of hydrogen-bond donors (Lipinski definition) is 3. The molecule has 0 bridgehead atoms. The summed E-state index contributed by atoms with van der Waals surface area (Å²) in [6, 6.07) is 6.50. The number of aryl methyl sites for hydroxylation is 3. The molecule has 2 heterocycles. The van der Waals surface area contributed by atoms with E-state index in [1.54, 1.807) is 6.20 Å². The number of anilines is 1. The van der Waals surface area contributed by atoms with E-state index in [9.17, 15) is 9.59 Å². The number of carbonyl (C=O) groups is 1. The number of nitrogens with zero attached hydrogens (tertiary/aromatic N) is 2. The van der Waals surface area contributed by atoms with Crippen molar-refractivity contribution in [2.75, 3.05) is 11.9 Å². The zero-order chi connectivity index (χ0) is 23.7. The lowest BCUT2D eigenvalue weighted by atomic mass is 9.96. The molecule has 0 unspecified atom stereocenters. The van der Waals surface area contributed by atoms with E-state index in [1.165, 1.54) is 25.7 Å². The minimum Gasteiger partial charge on any atom is -0.371 e. The Bertz CT molecular complexity index is 1230. The highest BCUT2D eigenvalue weighted by Gasteiger charge is 2.24. The summed E-state index contributed by atoms with van der Waals surface area (Å²) in [4.78, 5) is 30.9. The predicted octanol–water partition coefficient (Wildman–Crippen LogP) is 4.31. The Morgan fingerprint density at radius 1 is 1.15 bits per heavy atom. The quantitative estimate of drug-likeness (QED) is 0.525. The summed E-state index contributed by atoms with van der Waals surface area (Å²) in [5.41, 5.74) is 7.64. The van der Waals surface area contributed by atoms with Gasteiger partial charge in [0.15, 0.2) is 0 Å². The lowest BCUT2D eigenvalue weighted by Gasteiger charge is -2.29. The van der Waals surface area contributed by atoms with Crippen LogP contribution in [-0.4, -0.2) is 34.2 Å². The average molecular weight is 448 g/mol. The fraction of sp³-hybridized carbons (Fsp3) is 0.423. The first-order valence-corrected chi connectivity index (χ1v) is 11.6. The lowest BCUT2D eigenvalue weighted by Crippen LogP contribution is -2.31. The second kappa shape index (κ2) is 9.25. The molecule has 3 aromatic rings. The number of carbonyl (C=O) groups excluding carboxylic acids is 1. The maximum absolute atomic E-state index is 13.4. The van der Waals surface area contributed by atoms with Crippen molar-refractivity contribution < 1.29 is 4.79 Å². The standard InChI is InChI=1S/C26H33N5O2/c1-15-10-16(2)29-26(33)22(15)13-27-25(32)21-11-19(23-14-28-30-18(23)4)12-24(17(21)3)31(5)20-8-6-7-9-20/h10-12,14,20H,6-9,13H2,1-5H3,(H,27,32)(H,28,30)(H,29,33). The van der Waals surface area contributed by atoms with E-state index < -0.39 is 0 Å². The number of amides is 1. The summed E-state index contributed by atoms with van der Waals surface area (Å²) >= 11 is 0. The van der Waals surface area contributed by atoms with Gasteiger partial charge in [-0.05, 0) is 75.4 Å². The van der Waals surface area contributed by atoms with Crippen molar-refractivity contribution in [3.05, 3.63) is 68.4 Å². The van der Waals surface area contributed by atoms with Crippen LogP contribution in [0.25, 0.3) is 11.1 Å². The van der Waals surface area contributed by atoms with Gasteiger partial charge in [0.2, 0.25) is 0 Å². The maximum Gasteiger partial charge on any atom is 0.253 e.